The van der Waals surface area contributed by atoms with E-state index in [1.807, 2.05) is 12.1 Å². The van der Waals surface area contributed by atoms with Gasteiger partial charge in [0.1, 0.15) is 0 Å². The largest absolute Gasteiger partial charge is 0.299 e. The molecule has 3 aliphatic rings. The minimum Gasteiger partial charge on any atom is -0.299 e. The Balaban J connectivity index is 1.52. The molecule has 23 heavy (non-hydrogen) atoms. The Hall–Kier alpha value is -1.02. The lowest BCUT2D eigenvalue weighted by Crippen LogP contribution is -2.23. The number of allylic oxidation sites excluding steroid dienone is 4. The summed E-state index contributed by atoms with van der Waals surface area (Å²) in [6.07, 6.45) is 15.4. The summed E-state index contributed by atoms with van der Waals surface area (Å²) < 4.78 is 0. The smallest absolute Gasteiger partial charge is 0.0595 e. The first-order valence-corrected chi connectivity index (χ1v) is 9.12. The van der Waals surface area contributed by atoms with Crippen molar-refractivity contribution in [3.63, 3.8) is 0 Å². The lowest BCUT2D eigenvalue weighted by Gasteiger charge is -2.18. The molecule has 0 N–H and O–H groups in total. The van der Waals surface area contributed by atoms with E-state index in [-0.39, 0.29) is 5.92 Å². The maximum Gasteiger partial charge on any atom is 0.0595 e. The van der Waals surface area contributed by atoms with Gasteiger partial charge in [-0.15, -0.1) is 0 Å². The maximum absolute atomic E-state index is 6.19. The van der Waals surface area contributed by atoms with Crippen molar-refractivity contribution in [3.05, 3.63) is 69.8 Å². The highest BCUT2D eigenvalue weighted by atomic mass is 35.5. The molecule has 1 saturated heterocycles. The molecule has 1 nitrogen and oxygen atoms in total. The van der Waals surface area contributed by atoms with E-state index in [4.69, 9.17) is 23.2 Å². The topological polar surface area (TPSA) is 3.24 Å². The monoisotopic (exact) mass is 345 g/mol. The molecule has 3 heteroatoms. The van der Waals surface area contributed by atoms with Crippen LogP contribution in [0, 0.1) is 5.41 Å². The first-order chi connectivity index (χ1) is 11.1. The number of halogens is 2. The van der Waals surface area contributed by atoms with Crippen LogP contribution in [0.5, 0.6) is 0 Å². The first kappa shape index (κ1) is 15.5. The third kappa shape index (κ3) is 3.42. The number of hydrogen-bond donors (Lipinski definition) is 0. The van der Waals surface area contributed by atoms with Crippen molar-refractivity contribution in [3.8, 4) is 0 Å². The van der Waals surface area contributed by atoms with E-state index in [9.17, 15) is 0 Å². The van der Waals surface area contributed by atoms with Crippen LogP contribution in [0.4, 0.5) is 0 Å². The highest BCUT2D eigenvalue weighted by Crippen LogP contribution is 2.52. The summed E-state index contributed by atoms with van der Waals surface area (Å²) in [7, 11) is 0. The third-order valence-electron chi connectivity index (χ3n) is 5.34. The molecule has 0 radical (unpaired) electrons. The first-order valence-electron chi connectivity index (χ1n) is 8.37. The van der Waals surface area contributed by atoms with Crippen LogP contribution in [0.3, 0.4) is 0 Å². The molecule has 0 bridgehead atoms. The molecule has 0 aromatic heterocycles. The average Bonchev–Trinajstić information content (AvgIpc) is 3.23. The molecule has 2 fully saturated rings. The number of nitrogens with zero attached hydrogens (tertiary/aromatic N) is 1. The lowest BCUT2D eigenvalue weighted by atomic mass is 9.96. The van der Waals surface area contributed by atoms with Crippen molar-refractivity contribution in [1.29, 1.82) is 0 Å². The Morgan fingerprint density at radius 2 is 1.96 bits per heavy atom. The number of likely N-dealkylation sites (tertiary alicyclic amines) is 1. The van der Waals surface area contributed by atoms with Crippen molar-refractivity contribution in [2.24, 2.45) is 5.41 Å². The van der Waals surface area contributed by atoms with Gasteiger partial charge in [0.25, 0.3) is 0 Å². The van der Waals surface area contributed by atoms with Gasteiger partial charge in [0.05, 0.1) is 10.0 Å². The Morgan fingerprint density at radius 3 is 2.70 bits per heavy atom. The minimum absolute atomic E-state index is 0.257. The van der Waals surface area contributed by atoms with Crippen LogP contribution in [0.15, 0.2) is 54.2 Å². The van der Waals surface area contributed by atoms with E-state index in [0.717, 1.165) is 6.54 Å². The molecular formula is C20H21Cl2N. The van der Waals surface area contributed by atoms with Gasteiger partial charge in [-0.3, -0.25) is 4.90 Å². The fourth-order valence-corrected chi connectivity index (χ4v) is 4.05. The van der Waals surface area contributed by atoms with E-state index < -0.39 is 0 Å². The van der Waals surface area contributed by atoms with Crippen LogP contribution >= 0.6 is 23.2 Å². The molecule has 1 spiro atoms. The molecule has 1 unspecified atom stereocenters. The van der Waals surface area contributed by atoms with Crippen molar-refractivity contribution in [1.82, 2.24) is 4.90 Å². The zero-order valence-electron chi connectivity index (χ0n) is 13.1. The summed E-state index contributed by atoms with van der Waals surface area (Å²) >= 11 is 12.2. The molecule has 1 aromatic rings. The SMILES string of the molecule is Clc1ccc(C2C=CC=CC(CN3CCC4(CC4)C3)=C2)cc1Cl. The second-order valence-electron chi connectivity index (χ2n) is 7.15. The summed E-state index contributed by atoms with van der Waals surface area (Å²) in [5.74, 6) is 0.257. The maximum atomic E-state index is 6.19. The van der Waals surface area contributed by atoms with Crippen molar-refractivity contribution >= 4 is 23.2 Å². The van der Waals surface area contributed by atoms with Crippen LogP contribution in [-0.2, 0) is 0 Å². The van der Waals surface area contributed by atoms with Gasteiger partial charge in [-0.25, -0.2) is 0 Å². The summed E-state index contributed by atoms with van der Waals surface area (Å²) in [5.41, 5.74) is 3.27. The molecular weight excluding hydrogens is 325 g/mol. The zero-order chi connectivity index (χ0) is 15.9. The molecule has 0 amide bonds. The van der Waals surface area contributed by atoms with Gasteiger partial charge in [-0.05, 0) is 54.5 Å². The standard InChI is InChI=1S/C20H21Cl2N/c21-18-6-5-17(12-19(18)22)16-4-2-1-3-15(11-16)13-23-10-9-20(14-23)7-8-20/h1-6,11-12,16H,7-10,13-14H2. The Morgan fingerprint density at radius 1 is 1.09 bits per heavy atom. The fraction of sp³-hybridized carbons (Fsp3) is 0.400. The van der Waals surface area contributed by atoms with Crippen LogP contribution < -0.4 is 0 Å². The Bertz CT molecular complexity index is 698. The summed E-state index contributed by atoms with van der Waals surface area (Å²) in [6, 6.07) is 5.93. The minimum atomic E-state index is 0.257. The van der Waals surface area contributed by atoms with E-state index in [2.05, 4.69) is 41.3 Å². The zero-order valence-corrected chi connectivity index (χ0v) is 14.7. The second-order valence-corrected chi connectivity index (χ2v) is 7.96. The Kier molecular flexibility index (Phi) is 4.13. The molecule has 1 aliphatic heterocycles. The molecule has 1 atom stereocenters. The van der Waals surface area contributed by atoms with Crippen molar-refractivity contribution in [2.45, 2.75) is 25.2 Å². The van der Waals surface area contributed by atoms with Gasteiger partial charge >= 0.3 is 0 Å². The van der Waals surface area contributed by atoms with E-state index in [1.165, 1.54) is 43.5 Å². The van der Waals surface area contributed by atoms with E-state index in [0.29, 0.717) is 15.5 Å². The van der Waals surface area contributed by atoms with Crippen molar-refractivity contribution < 1.29 is 0 Å². The van der Waals surface area contributed by atoms with Gasteiger partial charge in [0, 0.05) is 19.0 Å². The van der Waals surface area contributed by atoms with Gasteiger partial charge in [0.2, 0.25) is 0 Å². The van der Waals surface area contributed by atoms with E-state index in [1.54, 1.807) is 0 Å². The summed E-state index contributed by atoms with van der Waals surface area (Å²) in [6.45, 7) is 3.58. The predicted molar refractivity (Wildman–Crippen MR) is 98.3 cm³/mol. The normalized spacial score (nSPS) is 25.7. The summed E-state index contributed by atoms with van der Waals surface area (Å²) in [5, 5.41) is 1.24. The number of rotatable bonds is 3. The van der Waals surface area contributed by atoms with Crippen LogP contribution in [0.1, 0.15) is 30.7 Å². The second kappa shape index (κ2) is 6.12. The van der Waals surface area contributed by atoms with Crippen LogP contribution in [0.25, 0.3) is 0 Å². The quantitative estimate of drug-likeness (QED) is 0.687. The Labute approximate surface area is 148 Å². The highest BCUT2D eigenvalue weighted by molar-refractivity contribution is 6.42. The number of hydrogen-bond acceptors (Lipinski definition) is 1. The van der Waals surface area contributed by atoms with Crippen LogP contribution in [0.2, 0.25) is 10.0 Å². The van der Waals surface area contributed by atoms with Gasteiger partial charge in [-0.2, -0.15) is 0 Å². The number of benzene rings is 1. The average molecular weight is 346 g/mol. The van der Waals surface area contributed by atoms with Gasteiger partial charge < -0.3 is 0 Å². The molecule has 2 aliphatic carbocycles. The fourth-order valence-electron chi connectivity index (χ4n) is 3.74. The highest BCUT2D eigenvalue weighted by Gasteiger charge is 2.47. The van der Waals surface area contributed by atoms with E-state index >= 15 is 0 Å². The van der Waals surface area contributed by atoms with Crippen LogP contribution in [-0.4, -0.2) is 24.5 Å². The van der Waals surface area contributed by atoms with Crippen molar-refractivity contribution in [2.75, 3.05) is 19.6 Å². The van der Waals surface area contributed by atoms with Gasteiger partial charge in [-0.1, -0.05) is 59.6 Å². The van der Waals surface area contributed by atoms with Gasteiger partial charge in [0.15, 0.2) is 0 Å². The lowest BCUT2D eigenvalue weighted by molar-refractivity contribution is 0.348. The predicted octanol–water partition coefficient (Wildman–Crippen LogP) is 5.62. The summed E-state index contributed by atoms with van der Waals surface area (Å²) in [4.78, 5) is 2.61. The molecule has 1 aromatic carbocycles. The molecule has 1 saturated carbocycles. The third-order valence-corrected chi connectivity index (χ3v) is 6.08. The molecule has 120 valence electrons. The molecule has 1 heterocycles. The molecule has 4 rings (SSSR count).